The van der Waals surface area contributed by atoms with E-state index in [1.54, 1.807) is 4.52 Å². The molecule has 0 spiro atoms. The van der Waals surface area contributed by atoms with Gasteiger partial charge in [0, 0.05) is 36.9 Å². The van der Waals surface area contributed by atoms with Crippen LogP contribution in [0.3, 0.4) is 0 Å². The Labute approximate surface area is 162 Å². The Morgan fingerprint density at radius 1 is 1.14 bits per heavy atom. The molecular weight excluding hydrogens is 358 g/mol. The second-order valence-corrected chi connectivity index (χ2v) is 7.27. The van der Waals surface area contributed by atoms with Gasteiger partial charge in [-0.25, -0.2) is 4.98 Å². The number of ether oxygens (including phenoxy) is 3. The van der Waals surface area contributed by atoms with Crippen LogP contribution in [0.1, 0.15) is 31.0 Å². The van der Waals surface area contributed by atoms with E-state index in [2.05, 4.69) is 39.4 Å². The summed E-state index contributed by atoms with van der Waals surface area (Å²) in [5, 5.41) is 7.94. The maximum atomic E-state index is 5.66. The number of rotatable bonds is 5. The molecule has 28 heavy (non-hydrogen) atoms. The lowest BCUT2D eigenvalue weighted by atomic mass is 9.74. The van der Waals surface area contributed by atoms with Gasteiger partial charge < -0.3 is 19.5 Å². The molecular formula is C20H23N5O3. The molecule has 0 amide bonds. The number of nitrogens with one attached hydrogen (secondary N) is 1. The van der Waals surface area contributed by atoms with Crippen molar-refractivity contribution in [1.29, 1.82) is 0 Å². The van der Waals surface area contributed by atoms with Crippen molar-refractivity contribution in [2.24, 2.45) is 0 Å². The molecule has 0 saturated carbocycles. The van der Waals surface area contributed by atoms with Crippen molar-refractivity contribution in [2.45, 2.75) is 31.6 Å². The molecule has 8 nitrogen and oxygen atoms in total. The van der Waals surface area contributed by atoms with Crippen LogP contribution in [0.2, 0.25) is 0 Å². The molecule has 146 valence electrons. The number of benzene rings is 1. The van der Waals surface area contributed by atoms with Gasteiger partial charge in [0.25, 0.3) is 5.78 Å². The monoisotopic (exact) mass is 381 g/mol. The first-order chi connectivity index (χ1) is 13.8. The summed E-state index contributed by atoms with van der Waals surface area (Å²) in [6.45, 7) is 4.62. The van der Waals surface area contributed by atoms with Crippen LogP contribution in [0.4, 0.5) is 5.82 Å². The lowest BCUT2D eigenvalue weighted by molar-refractivity contribution is 0.0543. The summed E-state index contributed by atoms with van der Waals surface area (Å²) in [5.74, 6) is 3.15. The topological polar surface area (TPSA) is 82.8 Å². The maximum Gasteiger partial charge on any atom is 0.254 e. The van der Waals surface area contributed by atoms with Crippen molar-refractivity contribution >= 4 is 11.6 Å². The molecule has 4 heterocycles. The van der Waals surface area contributed by atoms with Gasteiger partial charge in [-0.05, 0) is 37.0 Å². The van der Waals surface area contributed by atoms with Crippen molar-refractivity contribution in [3.8, 4) is 11.5 Å². The molecule has 0 aliphatic carbocycles. The van der Waals surface area contributed by atoms with Crippen molar-refractivity contribution in [2.75, 3.05) is 31.9 Å². The summed E-state index contributed by atoms with van der Waals surface area (Å²) in [5.41, 5.74) is 2.18. The quantitative estimate of drug-likeness (QED) is 0.727. The average molecular weight is 381 g/mol. The third-order valence-electron chi connectivity index (χ3n) is 5.71. The Kier molecular flexibility index (Phi) is 4.27. The Hall–Kier alpha value is -2.87. The Balaban J connectivity index is 1.48. The van der Waals surface area contributed by atoms with E-state index in [0.717, 1.165) is 62.0 Å². The van der Waals surface area contributed by atoms with Gasteiger partial charge in [0.1, 0.15) is 12.1 Å². The van der Waals surface area contributed by atoms with E-state index >= 15 is 0 Å². The molecule has 2 aliphatic heterocycles. The van der Waals surface area contributed by atoms with Crippen molar-refractivity contribution in [1.82, 2.24) is 19.6 Å². The third kappa shape index (κ3) is 2.93. The van der Waals surface area contributed by atoms with Gasteiger partial charge in [0.05, 0.1) is 0 Å². The summed E-state index contributed by atoms with van der Waals surface area (Å²) in [6, 6.07) is 8.32. The predicted octanol–water partition coefficient (Wildman–Crippen LogP) is 2.58. The molecule has 0 unspecified atom stereocenters. The van der Waals surface area contributed by atoms with E-state index in [1.807, 2.05) is 12.1 Å². The molecule has 8 heteroatoms. The predicted molar refractivity (Wildman–Crippen MR) is 103 cm³/mol. The zero-order chi connectivity index (χ0) is 19.0. The molecule has 1 aromatic carbocycles. The molecule has 2 aromatic heterocycles. The number of aryl methyl sites for hydroxylation is 1. The van der Waals surface area contributed by atoms with E-state index in [4.69, 9.17) is 14.2 Å². The summed E-state index contributed by atoms with van der Waals surface area (Å²) in [6.07, 6.45) is 4.26. The fourth-order valence-corrected chi connectivity index (χ4v) is 3.98. The third-order valence-corrected chi connectivity index (χ3v) is 5.71. The maximum absolute atomic E-state index is 5.66. The highest BCUT2D eigenvalue weighted by molar-refractivity contribution is 5.49. The van der Waals surface area contributed by atoms with Gasteiger partial charge in [-0.2, -0.15) is 14.6 Å². The molecule has 2 aliphatic rings. The zero-order valence-corrected chi connectivity index (χ0v) is 15.9. The van der Waals surface area contributed by atoms with Crippen LogP contribution in [0.25, 0.3) is 5.78 Å². The van der Waals surface area contributed by atoms with Gasteiger partial charge >= 0.3 is 0 Å². The normalized spacial score (nSPS) is 17.8. The Bertz CT molecular complexity index is 997. The van der Waals surface area contributed by atoms with Gasteiger partial charge in [-0.15, -0.1) is 0 Å². The highest BCUT2D eigenvalue weighted by Gasteiger charge is 2.35. The largest absolute Gasteiger partial charge is 0.454 e. The number of hydrogen-bond acceptors (Lipinski definition) is 7. The van der Waals surface area contributed by atoms with Crippen LogP contribution in [0, 0.1) is 0 Å². The highest BCUT2D eigenvalue weighted by atomic mass is 16.7. The SMILES string of the molecule is CCc1cc(NCC2(c3ccc4c(c3)OCO4)CCOCC2)n2ncnc2n1. The summed E-state index contributed by atoms with van der Waals surface area (Å²) in [7, 11) is 0. The lowest BCUT2D eigenvalue weighted by Gasteiger charge is -2.38. The minimum Gasteiger partial charge on any atom is -0.454 e. The fraction of sp³-hybridized carbons (Fsp3) is 0.450. The van der Waals surface area contributed by atoms with E-state index in [0.29, 0.717) is 5.78 Å². The van der Waals surface area contributed by atoms with Crippen LogP contribution in [0.15, 0.2) is 30.6 Å². The summed E-state index contributed by atoms with van der Waals surface area (Å²) < 4.78 is 18.5. The Morgan fingerprint density at radius 2 is 2.00 bits per heavy atom. The van der Waals surface area contributed by atoms with E-state index in [-0.39, 0.29) is 12.2 Å². The minimum atomic E-state index is -0.0538. The second-order valence-electron chi connectivity index (χ2n) is 7.27. The molecule has 1 fully saturated rings. The smallest absolute Gasteiger partial charge is 0.254 e. The van der Waals surface area contributed by atoms with Crippen molar-refractivity contribution in [3.63, 3.8) is 0 Å². The second kappa shape index (κ2) is 6.94. The van der Waals surface area contributed by atoms with E-state index in [9.17, 15) is 0 Å². The zero-order valence-electron chi connectivity index (χ0n) is 15.9. The molecule has 1 saturated heterocycles. The average Bonchev–Trinajstić information content (AvgIpc) is 3.41. The molecule has 1 N–H and O–H groups in total. The molecule has 3 aromatic rings. The highest BCUT2D eigenvalue weighted by Crippen LogP contribution is 2.41. The lowest BCUT2D eigenvalue weighted by Crippen LogP contribution is -2.40. The number of aromatic nitrogens is 4. The van der Waals surface area contributed by atoms with E-state index in [1.165, 1.54) is 11.9 Å². The van der Waals surface area contributed by atoms with Crippen molar-refractivity contribution in [3.05, 3.63) is 41.9 Å². The van der Waals surface area contributed by atoms with Gasteiger partial charge in [0.2, 0.25) is 6.79 Å². The molecule has 0 bridgehead atoms. The first kappa shape index (κ1) is 17.2. The van der Waals surface area contributed by atoms with Crippen LogP contribution >= 0.6 is 0 Å². The molecule has 5 rings (SSSR count). The molecule has 0 atom stereocenters. The number of nitrogens with zero attached hydrogens (tertiary/aromatic N) is 4. The first-order valence-electron chi connectivity index (χ1n) is 9.69. The number of fused-ring (bicyclic) bond motifs is 2. The van der Waals surface area contributed by atoms with Crippen molar-refractivity contribution < 1.29 is 14.2 Å². The van der Waals surface area contributed by atoms with Gasteiger partial charge in [0.15, 0.2) is 11.5 Å². The van der Waals surface area contributed by atoms with Crippen LogP contribution in [-0.2, 0) is 16.6 Å². The van der Waals surface area contributed by atoms with Gasteiger partial charge in [-0.3, -0.25) is 0 Å². The summed E-state index contributed by atoms with van der Waals surface area (Å²) >= 11 is 0. The molecule has 0 radical (unpaired) electrons. The standard InChI is InChI=1S/C20H23N5O3/c1-2-15-10-18(25-19(24-15)22-12-23-25)21-11-20(5-7-26-8-6-20)14-3-4-16-17(9-14)28-13-27-16/h3-4,9-10,12,21H,2,5-8,11,13H2,1H3. The van der Waals surface area contributed by atoms with Gasteiger partial charge in [-0.1, -0.05) is 13.0 Å². The number of anilines is 1. The minimum absolute atomic E-state index is 0.0538. The first-order valence-corrected chi connectivity index (χ1v) is 9.69. The summed E-state index contributed by atoms with van der Waals surface area (Å²) in [4.78, 5) is 8.77. The fourth-order valence-electron chi connectivity index (χ4n) is 3.98. The Morgan fingerprint density at radius 3 is 2.86 bits per heavy atom. The number of hydrogen-bond donors (Lipinski definition) is 1. The van der Waals surface area contributed by atoms with E-state index < -0.39 is 0 Å². The van der Waals surface area contributed by atoms with Crippen LogP contribution in [0.5, 0.6) is 11.5 Å². The van der Waals surface area contributed by atoms with Crippen LogP contribution < -0.4 is 14.8 Å². The van der Waals surface area contributed by atoms with Crippen LogP contribution in [-0.4, -0.2) is 46.1 Å².